The number of nitrogens with one attached hydrogen (secondary N) is 1. The van der Waals surface area contributed by atoms with Gasteiger partial charge in [-0.05, 0) is 49.6 Å². The zero-order chi connectivity index (χ0) is 13.0. The average molecular weight is 303 g/mol. The summed E-state index contributed by atoms with van der Waals surface area (Å²) in [7, 11) is 0. The van der Waals surface area contributed by atoms with E-state index in [1.807, 2.05) is 0 Å². The van der Waals surface area contributed by atoms with Crippen LogP contribution in [0.3, 0.4) is 0 Å². The molecular formula is C14H20Cl2N2O. The summed E-state index contributed by atoms with van der Waals surface area (Å²) in [6.07, 6.45) is 4.53. The van der Waals surface area contributed by atoms with E-state index in [0.717, 1.165) is 12.8 Å². The minimum absolute atomic E-state index is 0. The van der Waals surface area contributed by atoms with Gasteiger partial charge in [-0.3, -0.25) is 4.79 Å². The Bertz CT molecular complexity index is 408. The Morgan fingerprint density at radius 3 is 2.53 bits per heavy atom. The Morgan fingerprint density at radius 1 is 1.26 bits per heavy atom. The summed E-state index contributed by atoms with van der Waals surface area (Å²) in [6.45, 7) is 0.644. The van der Waals surface area contributed by atoms with Crippen molar-refractivity contribution in [3.63, 3.8) is 0 Å². The van der Waals surface area contributed by atoms with Gasteiger partial charge in [0.15, 0.2) is 0 Å². The number of hydrogen-bond donors (Lipinski definition) is 2. The SMILES string of the molecule is Cl.NCC1CCCCC1NC(=O)c1ccc(Cl)cc1. The first kappa shape index (κ1) is 16.3. The Balaban J connectivity index is 0.00000180. The van der Waals surface area contributed by atoms with E-state index in [2.05, 4.69) is 5.32 Å². The van der Waals surface area contributed by atoms with Gasteiger partial charge in [-0.25, -0.2) is 0 Å². The van der Waals surface area contributed by atoms with Gasteiger partial charge in [0.1, 0.15) is 0 Å². The number of rotatable bonds is 3. The van der Waals surface area contributed by atoms with Crippen LogP contribution in [0, 0.1) is 5.92 Å². The zero-order valence-corrected chi connectivity index (χ0v) is 12.3. The largest absolute Gasteiger partial charge is 0.349 e. The number of carbonyl (C=O) groups excluding carboxylic acids is 1. The molecule has 1 aromatic rings. The normalized spacial score (nSPS) is 22.4. The summed E-state index contributed by atoms with van der Waals surface area (Å²) in [5.74, 6) is 0.381. The van der Waals surface area contributed by atoms with Crippen molar-refractivity contribution in [1.29, 1.82) is 0 Å². The van der Waals surface area contributed by atoms with E-state index in [4.69, 9.17) is 17.3 Å². The van der Waals surface area contributed by atoms with Crippen LogP contribution in [0.4, 0.5) is 0 Å². The number of amides is 1. The standard InChI is InChI=1S/C14H19ClN2O.ClH/c15-12-7-5-10(6-8-12)14(18)17-13-4-2-1-3-11(13)9-16;/h5-8,11,13H,1-4,9,16H2,(H,17,18);1H. The predicted octanol–water partition coefficient (Wildman–Crippen LogP) is 3.01. The fourth-order valence-electron chi connectivity index (χ4n) is 2.53. The molecule has 0 aromatic heterocycles. The maximum Gasteiger partial charge on any atom is 0.251 e. The fourth-order valence-corrected chi connectivity index (χ4v) is 2.66. The van der Waals surface area contributed by atoms with Gasteiger partial charge in [0.2, 0.25) is 0 Å². The van der Waals surface area contributed by atoms with Crippen molar-refractivity contribution in [2.75, 3.05) is 6.54 Å². The summed E-state index contributed by atoms with van der Waals surface area (Å²) in [6, 6.07) is 7.18. The molecule has 2 rings (SSSR count). The van der Waals surface area contributed by atoms with Gasteiger partial charge < -0.3 is 11.1 Å². The van der Waals surface area contributed by atoms with E-state index in [1.165, 1.54) is 12.8 Å². The van der Waals surface area contributed by atoms with Crippen molar-refractivity contribution < 1.29 is 4.79 Å². The summed E-state index contributed by atoms with van der Waals surface area (Å²) >= 11 is 5.81. The molecular weight excluding hydrogens is 283 g/mol. The van der Waals surface area contributed by atoms with Crippen LogP contribution in [-0.2, 0) is 0 Å². The van der Waals surface area contributed by atoms with E-state index >= 15 is 0 Å². The van der Waals surface area contributed by atoms with Crippen molar-refractivity contribution in [3.05, 3.63) is 34.9 Å². The van der Waals surface area contributed by atoms with Crippen LogP contribution in [0.1, 0.15) is 36.0 Å². The maximum atomic E-state index is 12.1. The molecule has 0 spiro atoms. The van der Waals surface area contributed by atoms with E-state index in [9.17, 15) is 4.79 Å². The summed E-state index contributed by atoms with van der Waals surface area (Å²) in [4.78, 5) is 12.1. The molecule has 1 aliphatic carbocycles. The highest BCUT2D eigenvalue weighted by Gasteiger charge is 2.25. The van der Waals surface area contributed by atoms with Crippen LogP contribution in [0.2, 0.25) is 5.02 Å². The molecule has 1 aliphatic rings. The molecule has 2 unspecified atom stereocenters. The highest BCUT2D eigenvalue weighted by atomic mass is 35.5. The lowest BCUT2D eigenvalue weighted by atomic mass is 9.84. The van der Waals surface area contributed by atoms with Gasteiger partial charge in [-0.2, -0.15) is 0 Å². The lowest BCUT2D eigenvalue weighted by Gasteiger charge is -2.31. The summed E-state index contributed by atoms with van der Waals surface area (Å²) < 4.78 is 0. The smallest absolute Gasteiger partial charge is 0.251 e. The first-order chi connectivity index (χ1) is 8.70. The molecule has 1 fully saturated rings. The third-order valence-corrected chi connectivity index (χ3v) is 3.89. The van der Waals surface area contributed by atoms with Crippen LogP contribution >= 0.6 is 24.0 Å². The second kappa shape index (κ2) is 7.73. The molecule has 2 atom stereocenters. The molecule has 5 heteroatoms. The monoisotopic (exact) mass is 302 g/mol. The van der Waals surface area contributed by atoms with Crippen LogP contribution in [0.15, 0.2) is 24.3 Å². The third-order valence-electron chi connectivity index (χ3n) is 3.63. The highest BCUT2D eigenvalue weighted by molar-refractivity contribution is 6.30. The van der Waals surface area contributed by atoms with Gasteiger partial charge >= 0.3 is 0 Å². The lowest BCUT2D eigenvalue weighted by Crippen LogP contribution is -2.44. The van der Waals surface area contributed by atoms with Gasteiger partial charge in [-0.15, -0.1) is 12.4 Å². The third kappa shape index (κ3) is 4.37. The fraction of sp³-hybridized carbons (Fsp3) is 0.500. The number of halogens is 2. The minimum atomic E-state index is -0.0305. The molecule has 0 heterocycles. The molecule has 3 nitrogen and oxygen atoms in total. The predicted molar refractivity (Wildman–Crippen MR) is 81.0 cm³/mol. The van der Waals surface area contributed by atoms with E-state index in [1.54, 1.807) is 24.3 Å². The summed E-state index contributed by atoms with van der Waals surface area (Å²) in [5.41, 5.74) is 6.41. The van der Waals surface area contributed by atoms with Crippen LogP contribution in [0.25, 0.3) is 0 Å². The Hall–Kier alpha value is -0.770. The van der Waals surface area contributed by atoms with Crippen molar-refractivity contribution in [2.24, 2.45) is 11.7 Å². The number of nitrogens with two attached hydrogens (primary N) is 1. The van der Waals surface area contributed by atoms with Crippen molar-refractivity contribution in [1.82, 2.24) is 5.32 Å². The van der Waals surface area contributed by atoms with Crippen molar-refractivity contribution in [3.8, 4) is 0 Å². The number of hydrogen-bond acceptors (Lipinski definition) is 2. The second-order valence-corrected chi connectivity index (χ2v) is 5.30. The lowest BCUT2D eigenvalue weighted by molar-refractivity contribution is 0.0908. The molecule has 3 N–H and O–H groups in total. The molecule has 0 bridgehead atoms. The van der Waals surface area contributed by atoms with Crippen molar-refractivity contribution >= 4 is 29.9 Å². The first-order valence-electron chi connectivity index (χ1n) is 6.47. The van der Waals surface area contributed by atoms with Crippen LogP contribution < -0.4 is 11.1 Å². The zero-order valence-electron chi connectivity index (χ0n) is 10.8. The van der Waals surface area contributed by atoms with Gasteiger partial charge in [0.05, 0.1) is 0 Å². The number of carbonyl (C=O) groups is 1. The molecule has 1 amide bonds. The van der Waals surface area contributed by atoms with Crippen LogP contribution in [-0.4, -0.2) is 18.5 Å². The Kier molecular flexibility index (Phi) is 6.63. The molecule has 1 saturated carbocycles. The van der Waals surface area contributed by atoms with Gasteiger partial charge in [-0.1, -0.05) is 24.4 Å². The minimum Gasteiger partial charge on any atom is -0.349 e. The van der Waals surface area contributed by atoms with E-state index < -0.39 is 0 Å². The molecule has 0 radical (unpaired) electrons. The summed E-state index contributed by atoms with van der Waals surface area (Å²) in [5, 5.41) is 3.74. The van der Waals surface area contributed by atoms with Crippen molar-refractivity contribution in [2.45, 2.75) is 31.7 Å². The maximum absolute atomic E-state index is 12.1. The van der Waals surface area contributed by atoms with E-state index in [0.29, 0.717) is 23.0 Å². The van der Waals surface area contributed by atoms with E-state index in [-0.39, 0.29) is 24.4 Å². The average Bonchev–Trinajstić information content (AvgIpc) is 2.40. The second-order valence-electron chi connectivity index (χ2n) is 4.87. The van der Waals surface area contributed by atoms with Gasteiger partial charge in [0, 0.05) is 16.6 Å². The quantitative estimate of drug-likeness (QED) is 0.902. The Labute approximate surface area is 125 Å². The molecule has 1 aromatic carbocycles. The number of benzene rings is 1. The molecule has 106 valence electrons. The topological polar surface area (TPSA) is 55.1 Å². The molecule has 19 heavy (non-hydrogen) atoms. The molecule has 0 saturated heterocycles. The Morgan fingerprint density at radius 2 is 1.89 bits per heavy atom. The first-order valence-corrected chi connectivity index (χ1v) is 6.85. The molecule has 0 aliphatic heterocycles. The highest BCUT2D eigenvalue weighted by Crippen LogP contribution is 2.23. The van der Waals surface area contributed by atoms with Crippen LogP contribution in [0.5, 0.6) is 0 Å². The van der Waals surface area contributed by atoms with Gasteiger partial charge in [0.25, 0.3) is 5.91 Å².